The summed E-state index contributed by atoms with van der Waals surface area (Å²) in [5.74, 6) is 1.77. The summed E-state index contributed by atoms with van der Waals surface area (Å²) in [5.41, 5.74) is 0.819. The van der Waals surface area contributed by atoms with Gasteiger partial charge in [-0.3, -0.25) is 5.32 Å². The first-order chi connectivity index (χ1) is 9.81. The van der Waals surface area contributed by atoms with E-state index in [1.165, 1.54) is 11.8 Å². The number of rotatable bonds is 4. The minimum absolute atomic E-state index is 0.587. The van der Waals surface area contributed by atoms with Crippen molar-refractivity contribution in [3.05, 3.63) is 48.4 Å². The van der Waals surface area contributed by atoms with Gasteiger partial charge in [0.25, 0.3) is 0 Å². The molecule has 4 nitrogen and oxygen atoms in total. The lowest BCUT2D eigenvalue weighted by atomic mass is 10.3. The normalized spacial score (nSPS) is 11.1. The molecule has 20 heavy (non-hydrogen) atoms. The quantitative estimate of drug-likeness (QED) is 0.304. The fourth-order valence-electron chi connectivity index (χ4n) is 1.46. The van der Waals surface area contributed by atoms with Gasteiger partial charge in [0.15, 0.2) is 11.4 Å². The Bertz CT molecular complexity index is 600. The summed E-state index contributed by atoms with van der Waals surface area (Å²) < 4.78 is 5.29. The van der Waals surface area contributed by atoms with E-state index in [1.54, 1.807) is 18.0 Å². The summed E-state index contributed by atoms with van der Waals surface area (Å²) in [6, 6.07) is 11.7. The van der Waals surface area contributed by atoms with Crippen LogP contribution in [0.3, 0.4) is 0 Å². The molecule has 0 saturated carbocycles. The van der Waals surface area contributed by atoms with E-state index in [2.05, 4.69) is 10.3 Å². The summed E-state index contributed by atoms with van der Waals surface area (Å²) in [5, 5.41) is 11.7. The summed E-state index contributed by atoms with van der Waals surface area (Å²) >= 11 is 3.11. The van der Waals surface area contributed by atoms with Gasteiger partial charge in [0.05, 0.1) is 17.7 Å². The average molecular weight is 303 g/mol. The Morgan fingerprint density at radius 1 is 1.35 bits per heavy atom. The zero-order chi connectivity index (χ0) is 14.2. The fraction of sp³-hybridized carbons (Fsp3) is 0.143. The van der Waals surface area contributed by atoms with E-state index in [4.69, 9.17) is 9.68 Å². The molecule has 0 aliphatic rings. The molecule has 0 spiro atoms. The zero-order valence-corrected chi connectivity index (χ0v) is 12.5. The number of furan rings is 1. The highest BCUT2D eigenvalue weighted by molar-refractivity contribution is 8.13. The van der Waals surface area contributed by atoms with Gasteiger partial charge in [0, 0.05) is 4.90 Å². The van der Waals surface area contributed by atoms with Crippen LogP contribution >= 0.6 is 23.5 Å². The molecule has 1 aromatic carbocycles. The van der Waals surface area contributed by atoms with Crippen LogP contribution in [0.2, 0.25) is 0 Å². The lowest BCUT2D eigenvalue weighted by Crippen LogP contribution is -2.12. The molecule has 0 saturated heterocycles. The minimum Gasteiger partial charge on any atom is -0.468 e. The third-order valence-corrected chi connectivity index (χ3v) is 4.00. The third kappa shape index (κ3) is 4.37. The van der Waals surface area contributed by atoms with Crippen LogP contribution in [0.5, 0.6) is 0 Å². The number of nitrogens with zero attached hydrogens (tertiary/aromatic N) is 2. The van der Waals surface area contributed by atoms with Gasteiger partial charge in [-0.15, -0.1) is 11.8 Å². The predicted octanol–water partition coefficient (Wildman–Crippen LogP) is 3.99. The first-order valence-corrected chi connectivity index (χ1v) is 8.06. The molecule has 1 heterocycles. The molecule has 1 N–H and O–H groups in total. The number of thioether (sulfide) groups is 2. The van der Waals surface area contributed by atoms with E-state index < -0.39 is 0 Å². The number of aliphatic imine (C=N–C) groups is 1. The van der Waals surface area contributed by atoms with Gasteiger partial charge in [-0.25, -0.2) is 4.99 Å². The van der Waals surface area contributed by atoms with Crippen LogP contribution in [0.25, 0.3) is 0 Å². The Morgan fingerprint density at radius 2 is 2.15 bits per heavy atom. The second-order valence-electron chi connectivity index (χ2n) is 3.72. The maximum atomic E-state index is 8.58. The number of nitriles is 1. The van der Waals surface area contributed by atoms with Crippen molar-refractivity contribution < 1.29 is 4.42 Å². The maximum absolute atomic E-state index is 8.58. The summed E-state index contributed by atoms with van der Waals surface area (Å²) in [6.45, 7) is 0. The van der Waals surface area contributed by atoms with Crippen molar-refractivity contribution >= 4 is 34.4 Å². The van der Waals surface area contributed by atoms with Crippen molar-refractivity contribution in [1.29, 1.82) is 5.26 Å². The molecule has 102 valence electrons. The van der Waals surface area contributed by atoms with Gasteiger partial charge < -0.3 is 4.42 Å². The van der Waals surface area contributed by atoms with E-state index in [1.807, 2.05) is 48.8 Å². The highest BCUT2D eigenvalue weighted by atomic mass is 32.2. The molecule has 2 aromatic rings. The van der Waals surface area contributed by atoms with Crippen LogP contribution < -0.4 is 5.32 Å². The van der Waals surface area contributed by atoms with Crippen LogP contribution in [0.1, 0.15) is 5.76 Å². The molecule has 0 amide bonds. The first kappa shape index (κ1) is 14.6. The third-order valence-electron chi connectivity index (χ3n) is 2.38. The van der Waals surface area contributed by atoms with Crippen molar-refractivity contribution in [3.8, 4) is 6.19 Å². The van der Waals surface area contributed by atoms with Gasteiger partial charge in [-0.1, -0.05) is 11.8 Å². The van der Waals surface area contributed by atoms with Crippen molar-refractivity contribution in [1.82, 2.24) is 5.32 Å². The molecule has 1 aromatic heterocycles. The van der Waals surface area contributed by atoms with Crippen molar-refractivity contribution in [2.75, 3.05) is 6.26 Å². The monoisotopic (exact) mass is 303 g/mol. The molecular formula is C14H13N3OS2. The number of nitrogens with one attached hydrogen (secondary N) is 1. The average Bonchev–Trinajstić information content (AvgIpc) is 2.99. The molecule has 6 heteroatoms. The smallest absolute Gasteiger partial charge is 0.183 e. The van der Waals surface area contributed by atoms with Crippen LogP contribution in [0.4, 0.5) is 5.69 Å². The van der Waals surface area contributed by atoms with Gasteiger partial charge in [-0.05, 0) is 42.7 Å². The Kier molecular flexibility index (Phi) is 5.59. The minimum atomic E-state index is 0.587. The SMILES string of the molecule is CSC(=Nc1ccc(SCc2ccco2)cc1)NC#N. The van der Waals surface area contributed by atoms with E-state index in [0.29, 0.717) is 5.17 Å². The molecule has 0 unspecified atom stereocenters. The van der Waals surface area contributed by atoms with Gasteiger partial charge in [0.2, 0.25) is 0 Å². The van der Waals surface area contributed by atoms with Crippen LogP contribution in [0.15, 0.2) is 57.0 Å². The maximum Gasteiger partial charge on any atom is 0.183 e. The number of hydrogen-bond acceptors (Lipinski definition) is 5. The molecule has 0 bridgehead atoms. The molecule has 0 radical (unpaired) electrons. The van der Waals surface area contributed by atoms with Crippen LogP contribution in [-0.4, -0.2) is 11.4 Å². The zero-order valence-electron chi connectivity index (χ0n) is 10.9. The van der Waals surface area contributed by atoms with E-state index in [0.717, 1.165) is 22.1 Å². The lowest BCUT2D eigenvalue weighted by molar-refractivity contribution is 0.530. The largest absolute Gasteiger partial charge is 0.468 e. The standard InChI is InChI=1S/C14H13N3OS2/c1-19-14(16-10-15)17-11-4-6-13(7-5-11)20-9-12-3-2-8-18-12/h2-8H,9H2,1H3,(H,16,17). The van der Waals surface area contributed by atoms with E-state index in [9.17, 15) is 0 Å². The highest BCUT2D eigenvalue weighted by Gasteiger charge is 2.00. The van der Waals surface area contributed by atoms with E-state index in [-0.39, 0.29) is 0 Å². The molecular weight excluding hydrogens is 290 g/mol. The molecule has 2 rings (SSSR count). The molecule has 0 fully saturated rings. The number of hydrogen-bond donors (Lipinski definition) is 1. The van der Waals surface area contributed by atoms with Gasteiger partial charge >= 0.3 is 0 Å². The second kappa shape index (κ2) is 7.68. The summed E-state index contributed by atoms with van der Waals surface area (Å²) in [4.78, 5) is 5.49. The second-order valence-corrected chi connectivity index (χ2v) is 5.56. The van der Waals surface area contributed by atoms with Crippen molar-refractivity contribution in [3.63, 3.8) is 0 Å². The van der Waals surface area contributed by atoms with Crippen molar-refractivity contribution in [2.45, 2.75) is 10.6 Å². The topological polar surface area (TPSA) is 61.3 Å². The Morgan fingerprint density at radius 3 is 2.75 bits per heavy atom. The fourth-order valence-corrected chi connectivity index (χ4v) is 2.60. The summed E-state index contributed by atoms with van der Waals surface area (Å²) in [6.07, 6.45) is 5.42. The van der Waals surface area contributed by atoms with Crippen LogP contribution in [0, 0.1) is 11.5 Å². The van der Waals surface area contributed by atoms with Crippen LogP contribution in [-0.2, 0) is 5.75 Å². The number of amidine groups is 1. The van der Waals surface area contributed by atoms with E-state index >= 15 is 0 Å². The highest BCUT2D eigenvalue weighted by Crippen LogP contribution is 2.25. The lowest BCUT2D eigenvalue weighted by Gasteiger charge is -2.02. The Labute approximate surface area is 126 Å². The molecule has 0 aliphatic heterocycles. The molecule has 0 atom stereocenters. The predicted molar refractivity (Wildman–Crippen MR) is 84.1 cm³/mol. The Balaban J connectivity index is 1.97. The van der Waals surface area contributed by atoms with Gasteiger partial charge in [-0.2, -0.15) is 5.26 Å². The molecule has 0 aliphatic carbocycles. The van der Waals surface area contributed by atoms with Crippen molar-refractivity contribution in [2.24, 2.45) is 4.99 Å². The Hall–Kier alpha value is -1.84. The number of benzene rings is 1. The van der Waals surface area contributed by atoms with Gasteiger partial charge in [0.1, 0.15) is 5.76 Å². The first-order valence-electron chi connectivity index (χ1n) is 5.85. The summed E-state index contributed by atoms with van der Waals surface area (Å²) in [7, 11) is 0.